The topological polar surface area (TPSA) is 43.1 Å². The Kier molecular flexibility index (Phi) is 3.33. The molecule has 4 aromatic rings. The zero-order valence-corrected chi connectivity index (χ0v) is 14.6. The van der Waals surface area contributed by atoms with Crippen LogP contribution in [0, 0.1) is 0 Å². The SMILES string of the molecule is FC(F)(F)c1nc2ccc([C@H]3C[C@@H]3c3cc(Cl)nn4ccnc34)cc2s1. The third kappa shape index (κ3) is 2.55. The van der Waals surface area contributed by atoms with Gasteiger partial charge >= 0.3 is 6.18 Å². The lowest BCUT2D eigenvalue weighted by Gasteiger charge is -2.04. The molecule has 3 heterocycles. The van der Waals surface area contributed by atoms with E-state index in [-0.39, 0.29) is 11.8 Å². The van der Waals surface area contributed by atoms with Crippen molar-refractivity contribution >= 4 is 38.8 Å². The number of benzene rings is 1. The Balaban J connectivity index is 1.50. The highest BCUT2D eigenvalue weighted by atomic mass is 35.5. The van der Waals surface area contributed by atoms with Gasteiger partial charge in [-0.05, 0) is 42.0 Å². The largest absolute Gasteiger partial charge is 0.443 e. The van der Waals surface area contributed by atoms with Gasteiger partial charge in [-0.2, -0.15) is 18.3 Å². The van der Waals surface area contributed by atoms with Gasteiger partial charge in [-0.1, -0.05) is 17.7 Å². The molecule has 0 saturated heterocycles. The molecule has 0 unspecified atom stereocenters. The van der Waals surface area contributed by atoms with Crippen LogP contribution in [-0.4, -0.2) is 19.6 Å². The van der Waals surface area contributed by atoms with E-state index in [1.54, 1.807) is 23.0 Å². The second kappa shape index (κ2) is 5.40. The van der Waals surface area contributed by atoms with Crippen molar-refractivity contribution in [1.82, 2.24) is 19.6 Å². The van der Waals surface area contributed by atoms with Crippen LogP contribution in [0.25, 0.3) is 15.9 Å². The molecule has 0 radical (unpaired) electrons. The van der Waals surface area contributed by atoms with Crippen molar-refractivity contribution in [1.29, 1.82) is 0 Å². The molecule has 26 heavy (non-hydrogen) atoms. The number of imidazole rings is 1. The summed E-state index contributed by atoms with van der Waals surface area (Å²) in [5, 5.41) is 3.76. The van der Waals surface area contributed by atoms with Crippen molar-refractivity contribution in [2.45, 2.75) is 24.4 Å². The Morgan fingerprint density at radius 1 is 1.19 bits per heavy atom. The number of alkyl halides is 3. The molecule has 0 N–H and O–H groups in total. The van der Waals surface area contributed by atoms with Gasteiger partial charge in [0.25, 0.3) is 0 Å². The molecule has 0 spiro atoms. The van der Waals surface area contributed by atoms with Crippen molar-refractivity contribution in [3.8, 4) is 0 Å². The quantitative estimate of drug-likeness (QED) is 0.464. The lowest BCUT2D eigenvalue weighted by Crippen LogP contribution is -2.03. The second-order valence-corrected chi connectivity index (χ2v) is 7.73. The number of nitrogens with zero attached hydrogens (tertiary/aromatic N) is 4. The Morgan fingerprint density at radius 2 is 2.04 bits per heavy atom. The maximum atomic E-state index is 12.9. The summed E-state index contributed by atoms with van der Waals surface area (Å²) >= 11 is 6.78. The molecule has 1 aliphatic rings. The minimum Gasteiger partial charge on any atom is -0.235 e. The van der Waals surface area contributed by atoms with Gasteiger partial charge in [0.15, 0.2) is 10.7 Å². The fraction of sp³-hybridized carbons (Fsp3) is 0.235. The molecule has 1 saturated carbocycles. The van der Waals surface area contributed by atoms with Crippen molar-refractivity contribution in [3.05, 3.63) is 57.9 Å². The van der Waals surface area contributed by atoms with E-state index in [4.69, 9.17) is 11.6 Å². The summed E-state index contributed by atoms with van der Waals surface area (Å²) in [6.07, 6.45) is -0.100. The summed E-state index contributed by atoms with van der Waals surface area (Å²) in [6.45, 7) is 0. The van der Waals surface area contributed by atoms with E-state index in [2.05, 4.69) is 15.1 Å². The Morgan fingerprint density at radius 3 is 2.85 bits per heavy atom. The van der Waals surface area contributed by atoms with Gasteiger partial charge < -0.3 is 0 Å². The lowest BCUT2D eigenvalue weighted by molar-refractivity contribution is -0.137. The second-order valence-electron chi connectivity index (χ2n) is 6.31. The zero-order valence-electron chi connectivity index (χ0n) is 13.0. The third-order valence-corrected chi connectivity index (χ3v) is 5.88. The first-order valence-electron chi connectivity index (χ1n) is 7.87. The molecule has 1 aromatic carbocycles. The first kappa shape index (κ1) is 16.0. The molecule has 5 rings (SSSR count). The number of hydrogen-bond acceptors (Lipinski definition) is 4. The summed E-state index contributed by atoms with van der Waals surface area (Å²) in [4.78, 5) is 8.02. The van der Waals surface area contributed by atoms with Gasteiger partial charge in [-0.3, -0.25) is 0 Å². The Bertz CT molecular complexity index is 1150. The summed E-state index contributed by atoms with van der Waals surface area (Å²) in [6, 6.07) is 7.16. The molecule has 132 valence electrons. The predicted octanol–water partition coefficient (Wildman–Crippen LogP) is 5.28. The van der Waals surface area contributed by atoms with Crippen LogP contribution in [0.5, 0.6) is 0 Å². The van der Waals surface area contributed by atoms with Gasteiger partial charge in [0.05, 0.1) is 10.2 Å². The molecule has 9 heteroatoms. The van der Waals surface area contributed by atoms with Crippen LogP contribution in [-0.2, 0) is 6.18 Å². The van der Waals surface area contributed by atoms with E-state index in [9.17, 15) is 13.2 Å². The maximum Gasteiger partial charge on any atom is 0.443 e. The highest BCUT2D eigenvalue weighted by molar-refractivity contribution is 7.18. The summed E-state index contributed by atoms with van der Waals surface area (Å²) in [5.74, 6) is 0.461. The molecular formula is C17H10ClF3N4S. The average Bonchev–Trinajstić information content (AvgIpc) is 3.01. The van der Waals surface area contributed by atoms with E-state index in [1.807, 2.05) is 18.2 Å². The summed E-state index contributed by atoms with van der Waals surface area (Å²) in [5.41, 5.74) is 3.17. The van der Waals surface area contributed by atoms with Crippen molar-refractivity contribution < 1.29 is 13.2 Å². The molecular weight excluding hydrogens is 385 g/mol. The molecule has 0 amide bonds. The number of thiazole rings is 1. The van der Waals surface area contributed by atoms with Gasteiger partial charge in [-0.25, -0.2) is 14.5 Å². The van der Waals surface area contributed by atoms with E-state index < -0.39 is 11.2 Å². The van der Waals surface area contributed by atoms with Gasteiger partial charge in [0, 0.05) is 18.0 Å². The first-order valence-corrected chi connectivity index (χ1v) is 9.07. The standard InChI is InChI=1S/C17H10ClF3N4S/c18-14-7-11(15-22-3-4-25(15)24-14)10-6-9(10)8-1-2-12-13(5-8)26-16(23-12)17(19,20)21/h1-5,7,9-10H,6H2/t9-,10+/m1/s1. The molecule has 1 fully saturated rings. The Labute approximate surface area is 154 Å². The van der Waals surface area contributed by atoms with Crippen LogP contribution in [0.1, 0.15) is 34.4 Å². The van der Waals surface area contributed by atoms with Gasteiger partial charge in [0.1, 0.15) is 5.15 Å². The van der Waals surface area contributed by atoms with E-state index in [1.165, 1.54) is 0 Å². The highest BCUT2D eigenvalue weighted by Gasteiger charge is 2.42. The molecule has 1 aliphatic carbocycles. The van der Waals surface area contributed by atoms with Crippen LogP contribution in [0.2, 0.25) is 5.15 Å². The monoisotopic (exact) mass is 394 g/mol. The van der Waals surface area contributed by atoms with Gasteiger partial charge in [0.2, 0.25) is 0 Å². The minimum atomic E-state index is -4.41. The summed E-state index contributed by atoms with van der Waals surface area (Å²) < 4.78 is 40.8. The van der Waals surface area contributed by atoms with Crippen LogP contribution in [0.4, 0.5) is 13.2 Å². The number of halogens is 4. The van der Waals surface area contributed by atoms with Crippen LogP contribution >= 0.6 is 22.9 Å². The lowest BCUT2D eigenvalue weighted by atomic mass is 10.1. The fourth-order valence-electron chi connectivity index (χ4n) is 3.38. The fourth-order valence-corrected chi connectivity index (χ4v) is 4.46. The predicted molar refractivity (Wildman–Crippen MR) is 92.7 cm³/mol. The number of rotatable bonds is 2. The third-order valence-electron chi connectivity index (χ3n) is 4.63. The molecule has 4 nitrogen and oxygen atoms in total. The number of aromatic nitrogens is 4. The molecule has 0 bridgehead atoms. The average molecular weight is 395 g/mol. The maximum absolute atomic E-state index is 12.9. The van der Waals surface area contributed by atoms with E-state index in [0.29, 0.717) is 26.7 Å². The first-order chi connectivity index (χ1) is 12.4. The van der Waals surface area contributed by atoms with Crippen molar-refractivity contribution in [2.75, 3.05) is 0 Å². The van der Waals surface area contributed by atoms with Crippen LogP contribution < -0.4 is 0 Å². The van der Waals surface area contributed by atoms with Crippen LogP contribution in [0.3, 0.4) is 0 Å². The molecule has 2 atom stereocenters. The molecule has 3 aromatic heterocycles. The number of hydrogen-bond donors (Lipinski definition) is 0. The number of fused-ring (bicyclic) bond motifs is 2. The van der Waals surface area contributed by atoms with Crippen LogP contribution in [0.15, 0.2) is 36.7 Å². The minimum absolute atomic E-state index is 0.229. The Hall–Kier alpha value is -2.19. The van der Waals surface area contributed by atoms with Crippen molar-refractivity contribution in [3.63, 3.8) is 0 Å². The zero-order chi connectivity index (χ0) is 18.1. The highest BCUT2D eigenvalue weighted by Crippen LogP contribution is 2.56. The van der Waals surface area contributed by atoms with Crippen molar-refractivity contribution in [2.24, 2.45) is 0 Å². The summed E-state index contributed by atoms with van der Waals surface area (Å²) in [7, 11) is 0. The normalized spacial score (nSPS) is 20.2. The van der Waals surface area contributed by atoms with E-state index in [0.717, 1.165) is 23.2 Å². The smallest absolute Gasteiger partial charge is 0.235 e. The molecule has 0 aliphatic heterocycles. The van der Waals surface area contributed by atoms with Gasteiger partial charge in [-0.15, -0.1) is 11.3 Å². The van der Waals surface area contributed by atoms with E-state index >= 15 is 0 Å².